The van der Waals surface area contributed by atoms with Gasteiger partial charge in [-0.25, -0.2) is 8.78 Å². The molecule has 0 aromatic heterocycles. The molecule has 1 saturated carbocycles. The highest BCUT2D eigenvalue weighted by molar-refractivity contribution is 5.73. The van der Waals surface area contributed by atoms with E-state index in [0.717, 1.165) is 36.5 Å². The van der Waals surface area contributed by atoms with Crippen LogP contribution in [0, 0.1) is 17.0 Å². The quantitative estimate of drug-likeness (QED) is 0.457. The largest absolute Gasteiger partial charge is 0.508 e. The van der Waals surface area contributed by atoms with Crippen LogP contribution in [0.5, 0.6) is 5.75 Å². The second-order valence-electron chi connectivity index (χ2n) is 10.4. The second kappa shape index (κ2) is 9.77. The van der Waals surface area contributed by atoms with Gasteiger partial charge in [-0.1, -0.05) is 26.8 Å². The van der Waals surface area contributed by atoms with Gasteiger partial charge in [0.05, 0.1) is 12.1 Å². The van der Waals surface area contributed by atoms with Gasteiger partial charge in [0.2, 0.25) is 5.91 Å². The van der Waals surface area contributed by atoms with Crippen molar-refractivity contribution in [3.05, 3.63) is 64.7 Å². The number of carbonyl (C=O) groups is 1. The number of phenolic OH excluding ortho intramolecular Hbond substituents is 1. The van der Waals surface area contributed by atoms with E-state index in [1.165, 1.54) is 19.1 Å². The monoisotopic (exact) mass is 460 g/mol. The van der Waals surface area contributed by atoms with E-state index in [-0.39, 0.29) is 35.6 Å². The van der Waals surface area contributed by atoms with E-state index in [4.69, 9.17) is 0 Å². The minimum atomic E-state index is -0.982. The van der Waals surface area contributed by atoms with Gasteiger partial charge in [0.25, 0.3) is 0 Å². The Bertz CT molecular complexity index is 979. The standard InChI is InChI=1S/C26H34F2N2O3/c1-16(31)30-23(11-17-8-20(27)13-21(28)9-17)24(33)15-29-26(5-6-26)19-7-18(10-22(32)12-19)14-25(2,3)4/h7-10,12-13,23-24,29,32-33H,5-6,11,14-15H2,1-4H3,(H,30,31). The van der Waals surface area contributed by atoms with Crippen LogP contribution in [0.1, 0.15) is 57.2 Å². The molecule has 7 heteroatoms. The van der Waals surface area contributed by atoms with Crippen LogP contribution in [0.3, 0.4) is 0 Å². The third-order valence-corrected chi connectivity index (χ3v) is 5.90. The van der Waals surface area contributed by atoms with Crippen LogP contribution in [0.15, 0.2) is 36.4 Å². The molecule has 1 aliphatic carbocycles. The first kappa shape index (κ1) is 25.1. The van der Waals surface area contributed by atoms with Gasteiger partial charge in [-0.05, 0) is 72.1 Å². The highest BCUT2D eigenvalue weighted by Gasteiger charge is 2.45. The molecule has 0 aliphatic heterocycles. The van der Waals surface area contributed by atoms with Crippen molar-refractivity contribution in [1.29, 1.82) is 0 Å². The van der Waals surface area contributed by atoms with Gasteiger partial charge in [-0.2, -0.15) is 0 Å². The number of hydrogen-bond donors (Lipinski definition) is 4. The second-order valence-corrected chi connectivity index (χ2v) is 10.4. The van der Waals surface area contributed by atoms with Crippen LogP contribution < -0.4 is 10.6 Å². The molecule has 2 unspecified atom stereocenters. The maximum atomic E-state index is 13.6. The van der Waals surface area contributed by atoms with E-state index in [1.807, 2.05) is 0 Å². The van der Waals surface area contributed by atoms with E-state index in [1.54, 1.807) is 12.1 Å². The molecular formula is C26H34F2N2O3. The summed E-state index contributed by atoms with van der Waals surface area (Å²) in [5.41, 5.74) is 2.10. The average Bonchev–Trinajstić information content (AvgIpc) is 3.44. The number of amides is 1. The molecule has 2 aromatic rings. The van der Waals surface area contributed by atoms with Crippen LogP contribution in [-0.4, -0.2) is 34.8 Å². The Labute approximate surface area is 194 Å². The third kappa shape index (κ3) is 7.24. The molecular weight excluding hydrogens is 426 g/mol. The third-order valence-electron chi connectivity index (χ3n) is 5.90. The lowest BCUT2D eigenvalue weighted by molar-refractivity contribution is -0.120. The van der Waals surface area contributed by atoms with Gasteiger partial charge in [0.15, 0.2) is 0 Å². The maximum absolute atomic E-state index is 13.6. The van der Waals surface area contributed by atoms with Crippen LogP contribution in [0.4, 0.5) is 8.78 Å². The molecule has 4 N–H and O–H groups in total. The SMILES string of the molecule is CC(=O)NC(Cc1cc(F)cc(F)c1)C(O)CNC1(c2cc(O)cc(CC(C)(C)C)c2)CC1. The minimum Gasteiger partial charge on any atom is -0.508 e. The summed E-state index contributed by atoms with van der Waals surface area (Å²) in [5, 5.41) is 27.2. The van der Waals surface area contributed by atoms with E-state index in [2.05, 4.69) is 37.5 Å². The van der Waals surface area contributed by atoms with Crippen LogP contribution in [0.2, 0.25) is 0 Å². The smallest absolute Gasteiger partial charge is 0.217 e. The summed E-state index contributed by atoms with van der Waals surface area (Å²) < 4.78 is 27.2. The number of phenols is 1. The lowest BCUT2D eigenvalue weighted by Gasteiger charge is -2.27. The predicted octanol–water partition coefficient (Wildman–Crippen LogP) is 3.95. The van der Waals surface area contributed by atoms with Crippen LogP contribution in [-0.2, 0) is 23.2 Å². The van der Waals surface area contributed by atoms with Gasteiger partial charge >= 0.3 is 0 Å². The fourth-order valence-electron chi connectivity index (χ4n) is 4.33. The number of nitrogens with one attached hydrogen (secondary N) is 2. The van der Waals surface area contributed by atoms with Crippen LogP contribution in [0.25, 0.3) is 0 Å². The van der Waals surface area contributed by atoms with E-state index in [0.29, 0.717) is 5.56 Å². The zero-order valence-electron chi connectivity index (χ0n) is 19.7. The summed E-state index contributed by atoms with van der Waals surface area (Å²) in [5.74, 6) is -1.53. The number of aliphatic hydroxyl groups is 1. The van der Waals surface area contributed by atoms with Crippen molar-refractivity contribution in [2.75, 3.05) is 6.54 Å². The van der Waals surface area contributed by atoms with Crippen molar-refractivity contribution in [2.45, 2.75) is 71.1 Å². The van der Waals surface area contributed by atoms with Gasteiger partial charge in [0.1, 0.15) is 17.4 Å². The summed E-state index contributed by atoms with van der Waals surface area (Å²) in [6.07, 6.45) is 1.65. The van der Waals surface area contributed by atoms with Gasteiger partial charge in [-0.3, -0.25) is 4.79 Å². The zero-order valence-corrected chi connectivity index (χ0v) is 19.7. The first-order chi connectivity index (χ1) is 15.3. The van der Waals surface area contributed by atoms with Crippen molar-refractivity contribution >= 4 is 5.91 Å². The van der Waals surface area contributed by atoms with Crippen LogP contribution >= 0.6 is 0 Å². The normalized spacial score (nSPS) is 16.8. The number of halogens is 2. The number of rotatable bonds is 9. The van der Waals surface area contributed by atoms with Gasteiger partial charge < -0.3 is 20.8 Å². The molecule has 2 aromatic carbocycles. The fourth-order valence-corrected chi connectivity index (χ4v) is 4.33. The van der Waals surface area contributed by atoms with Gasteiger partial charge in [0, 0.05) is 25.1 Å². The van der Waals surface area contributed by atoms with Crippen molar-refractivity contribution < 1.29 is 23.8 Å². The molecule has 1 amide bonds. The Hall–Kier alpha value is -2.51. The molecule has 0 bridgehead atoms. The Morgan fingerprint density at radius 2 is 1.70 bits per heavy atom. The summed E-state index contributed by atoms with van der Waals surface area (Å²) in [6.45, 7) is 7.94. The summed E-state index contributed by atoms with van der Waals surface area (Å²) >= 11 is 0. The minimum absolute atomic E-state index is 0.0768. The Balaban J connectivity index is 1.72. The molecule has 0 saturated heterocycles. The first-order valence-corrected chi connectivity index (χ1v) is 11.3. The number of aliphatic hydroxyl groups excluding tert-OH is 1. The van der Waals surface area contributed by atoms with Crippen molar-refractivity contribution in [3.63, 3.8) is 0 Å². The molecule has 2 atom stereocenters. The Morgan fingerprint density at radius 3 is 2.24 bits per heavy atom. The summed E-state index contributed by atoms with van der Waals surface area (Å²) in [7, 11) is 0. The van der Waals surface area contributed by atoms with Gasteiger partial charge in [-0.15, -0.1) is 0 Å². The molecule has 5 nitrogen and oxygen atoms in total. The molecule has 0 radical (unpaired) electrons. The molecule has 180 valence electrons. The van der Waals surface area contributed by atoms with Crippen molar-refractivity contribution in [3.8, 4) is 5.75 Å². The number of carbonyl (C=O) groups excluding carboxylic acids is 1. The Morgan fingerprint density at radius 1 is 1.06 bits per heavy atom. The maximum Gasteiger partial charge on any atom is 0.217 e. The Kier molecular flexibility index (Phi) is 7.44. The zero-order chi connectivity index (χ0) is 24.4. The number of hydrogen-bond acceptors (Lipinski definition) is 4. The summed E-state index contributed by atoms with van der Waals surface area (Å²) in [6, 6.07) is 8.10. The van der Waals surface area contributed by atoms with E-state index >= 15 is 0 Å². The molecule has 0 spiro atoms. The molecule has 33 heavy (non-hydrogen) atoms. The lowest BCUT2D eigenvalue weighted by Crippen LogP contribution is -2.49. The molecule has 0 heterocycles. The molecule has 3 rings (SSSR count). The number of aromatic hydroxyl groups is 1. The average molecular weight is 461 g/mol. The van der Waals surface area contributed by atoms with Crippen molar-refractivity contribution in [1.82, 2.24) is 10.6 Å². The molecule has 1 fully saturated rings. The highest BCUT2D eigenvalue weighted by Crippen LogP contribution is 2.47. The topological polar surface area (TPSA) is 81.6 Å². The number of benzene rings is 2. The lowest BCUT2D eigenvalue weighted by atomic mass is 9.86. The van der Waals surface area contributed by atoms with Crippen molar-refractivity contribution in [2.24, 2.45) is 5.41 Å². The highest BCUT2D eigenvalue weighted by atomic mass is 19.1. The fraction of sp³-hybridized carbons (Fsp3) is 0.500. The van der Waals surface area contributed by atoms with E-state index in [9.17, 15) is 23.8 Å². The first-order valence-electron chi connectivity index (χ1n) is 11.3. The predicted molar refractivity (Wildman–Crippen MR) is 124 cm³/mol. The molecule has 1 aliphatic rings. The van der Waals surface area contributed by atoms with E-state index < -0.39 is 23.8 Å². The summed E-state index contributed by atoms with van der Waals surface area (Å²) in [4.78, 5) is 11.7.